The topological polar surface area (TPSA) is 436 Å². The molecule has 214 valence electrons. The zero-order chi connectivity index (χ0) is 31.9. The van der Waals surface area contributed by atoms with Gasteiger partial charge in [-0.3, -0.25) is 43.2 Å². The molecule has 13 N–H and O–H groups in total. The highest BCUT2D eigenvalue weighted by Gasteiger charge is 2.98. The lowest BCUT2D eigenvalue weighted by Crippen LogP contribution is -2.87. The lowest BCUT2D eigenvalue weighted by molar-refractivity contribution is -0.243. The normalized spacial score (nSPS) is 12.4. The predicted molar refractivity (Wildman–Crippen MR) is 101 cm³/mol. The zero-order valence-electron chi connectivity index (χ0n) is 18.0. The maximum Gasteiger partial charge on any atom is 0.337 e. The van der Waals surface area contributed by atoms with Crippen LogP contribution < -0.4 is 5.73 Å². The van der Waals surface area contributed by atoms with Gasteiger partial charge in [0.2, 0.25) is 21.8 Å². The molecule has 0 rings (SSSR count). The number of nitrogens with two attached hydrogens (primary N) is 1. The third-order valence-corrected chi connectivity index (χ3v) is 5.84. The summed E-state index contributed by atoms with van der Waals surface area (Å²) < 4.78 is 0. The second kappa shape index (κ2) is 9.54. The summed E-state index contributed by atoms with van der Waals surface area (Å²) in [6.45, 7) is 0. The largest absolute Gasteiger partial charge is 0.480 e. The van der Waals surface area contributed by atoms with Gasteiger partial charge in [0.15, 0.2) is 0 Å². The molecule has 0 aliphatic rings. The Hall–Kier alpha value is -5.87. The Bertz CT molecular complexity index is 1160. The highest BCUT2D eigenvalue weighted by Crippen LogP contribution is 2.64. The SMILES string of the molecule is NC(C(=O)O)(C(=O)O)C(C(=O)O)(C(=O)O)C(C(=O)O)(C(=O)O)C(C(=O)O)(C(=O)O)C(C(=O)O)(C(=O)O)C(=O)O. The van der Waals surface area contributed by atoms with E-state index in [9.17, 15) is 109 Å². The third-order valence-electron chi connectivity index (χ3n) is 5.84. The fourth-order valence-corrected chi connectivity index (χ4v) is 4.24. The lowest BCUT2D eigenvalue weighted by atomic mass is 9.38. The minimum atomic E-state index is -6.50. The maximum atomic E-state index is 12.5. The van der Waals surface area contributed by atoms with Crippen molar-refractivity contribution in [3.63, 3.8) is 0 Å². The molecule has 0 aliphatic heterocycles. The van der Waals surface area contributed by atoms with Gasteiger partial charge in [0.05, 0.1) is 0 Å². The van der Waals surface area contributed by atoms with E-state index >= 15 is 0 Å². The molecule has 0 aliphatic carbocycles. The third kappa shape index (κ3) is 3.16. The highest BCUT2D eigenvalue weighted by atomic mass is 16.4. The molecule has 0 unspecified atom stereocenters. The number of aliphatic carboxylic acids is 11. The summed E-state index contributed by atoms with van der Waals surface area (Å²) in [4.78, 5) is 134. The quantitative estimate of drug-likeness (QED) is 0.0815. The van der Waals surface area contributed by atoms with Crippen LogP contribution in [0.1, 0.15) is 0 Å². The molecule has 0 aromatic carbocycles. The molecule has 23 heteroatoms. The number of carbonyl (C=O) groups is 11. The molecular weight excluding hydrogens is 558 g/mol. The fraction of sp³-hybridized carbons (Fsp3) is 0.312. The predicted octanol–water partition coefficient (Wildman–Crippen LogP) is -5.44. The van der Waals surface area contributed by atoms with E-state index in [1.807, 2.05) is 0 Å². The molecule has 0 atom stereocenters. The number of carboxylic acid groups (broad SMARTS) is 11. The average Bonchev–Trinajstić information content (AvgIpc) is 2.72. The molecule has 0 aromatic rings. The van der Waals surface area contributed by atoms with Crippen molar-refractivity contribution in [1.29, 1.82) is 0 Å². The van der Waals surface area contributed by atoms with Gasteiger partial charge in [0, 0.05) is 0 Å². The van der Waals surface area contributed by atoms with Crippen LogP contribution in [0.2, 0.25) is 0 Å². The first-order valence-electron chi connectivity index (χ1n) is 8.74. The van der Waals surface area contributed by atoms with Gasteiger partial charge in [0.25, 0.3) is 5.41 Å². The van der Waals surface area contributed by atoms with Gasteiger partial charge in [-0.1, -0.05) is 0 Å². The minimum absolute atomic E-state index is 3.57. The van der Waals surface area contributed by atoms with Gasteiger partial charge in [-0.05, 0) is 0 Å². The summed E-state index contributed by atoms with van der Waals surface area (Å²) in [5.74, 6) is -42.7. The zero-order valence-corrected chi connectivity index (χ0v) is 18.0. The summed E-state index contributed by atoms with van der Waals surface area (Å²) in [7, 11) is 0. The highest BCUT2D eigenvalue weighted by molar-refractivity contribution is 6.32. The minimum Gasteiger partial charge on any atom is -0.480 e. The monoisotopic (exact) mass is 571 g/mol. The Kier molecular flexibility index (Phi) is 8.10. The molecule has 0 heterocycles. The first-order chi connectivity index (χ1) is 17.4. The summed E-state index contributed by atoms with van der Waals surface area (Å²) >= 11 is 0. The Labute approximate surface area is 208 Å². The smallest absolute Gasteiger partial charge is 0.337 e. The molecule has 0 spiro atoms. The molecule has 39 heavy (non-hydrogen) atoms. The van der Waals surface area contributed by atoms with Crippen LogP contribution in [0.4, 0.5) is 0 Å². The van der Waals surface area contributed by atoms with Gasteiger partial charge >= 0.3 is 65.7 Å². The fourth-order valence-electron chi connectivity index (χ4n) is 4.24. The van der Waals surface area contributed by atoms with E-state index in [0.717, 1.165) is 0 Å². The Morgan fingerprint density at radius 2 is 0.513 bits per heavy atom. The Morgan fingerprint density at radius 1 is 0.308 bits per heavy atom. The van der Waals surface area contributed by atoms with Crippen molar-refractivity contribution in [2.75, 3.05) is 0 Å². The average molecular weight is 571 g/mol. The maximum absolute atomic E-state index is 12.5. The Morgan fingerprint density at radius 3 is 0.641 bits per heavy atom. The molecule has 0 fully saturated rings. The van der Waals surface area contributed by atoms with Crippen molar-refractivity contribution in [3.05, 3.63) is 0 Å². The molecular formula is C16H13NO22. The van der Waals surface area contributed by atoms with Crippen LogP contribution in [0.25, 0.3) is 0 Å². The van der Waals surface area contributed by atoms with Gasteiger partial charge in [-0.15, -0.1) is 0 Å². The molecule has 0 aromatic heterocycles. The van der Waals surface area contributed by atoms with Crippen molar-refractivity contribution in [3.8, 4) is 0 Å². The number of carboxylic acids is 11. The van der Waals surface area contributed by atoms with Crippen LogP contribution in [0.5, 0.6) is 0 Å². The van der Waals surface area contributed by atoms with Gasteiger partial charge in [-0.2, -0.15) is 0 Å². The standard InChI is InChI=1S/C16H13NO22/c17-16(10(36)37,11(38)39)15(8(32)33,9(34)35)14(6(28)29,7(30)31)13(4(24)25,5(26)27)12(1(18)19,2(20)21)3(22)23/h17H2,(H,18,19)(H,20,21)(H,22,23)(H,24,25)(H,26,27)(H,28,29)(H,30,31)(H,32,33)(H,34,35)(H,36,37)(H,38,39). The van der Waals surface area contributed by atoms with Crippen LogP contribution in [0.3, 0.4) is 0 Å². The van der Waals surface area contributed by atoms with Crippen molar-refractivity contribution >= 4 is 65.7 Å². The van der Waals surface area contributed by atoms with E-state index < -0.39 is 92.9 Å². The summed E-state index contributed by atoms with van der Waals surface area (Å²) in [5, 5.41) is 106. The van der Waals surface area contributed by atoms with Crippen molar-refractivity contribution in [1.82, 2.24) is 0 Å². The molecule has 23 nitrogen and oxygen atoms in total. The Balaban J connectivity index is 10.1. The van der Waals surface area contributed by atoms with Crippen molar-refractivity contribution in [2.45, 2.75) is 5.54 Å². The first kappa shape index (κ1) is 33.1. The molecule has 0 saturated heterocycles. The van der Waals surface area contributed by atoms with Gasteiger partial charge in [0.1, 0.15) is 0 Å². The van der Waals surface area contributed by atoms with E-state index in [-0.39, 0.29) is 0 Å². The molecule has 0 saturated carbocycles. The van der Waals surface area contributed by atoms with Crippen LogP contribution in [-0.2, 0) is 52.7 Å². The summed E-state index contributed by atoms with van der Waals surface area (Å²) in [6, 6.07) is 0. The van der Waals surface area contributed by atoms with E-state index in [4.69, 9.17) is 5.73 Å². The van der Waals surface area contributed by atoms with E-state index in [2.05, 4.69) is 0 Å². The first-order valence-corrected chi connectivity index (χ1v) is 8.74. The van der Waals surface area contributed by atoms with Gasteiger partial charge < -0.3 is 61.9 Å². The van der Waals surface area contributed by atoms with Crippen molar-refractivity contribution < 1.29 is 109 Å². The number of hydrogen-bond acceptors (Lipinski definition) is 12. The number of hydrogen-bond donors (Lipinski definition) is 12. The van der Waals surface area contributed by atoms with Crippen LogP contribution in [-0.4, -0.2) is 127 Å². The van der Waals surface area contributed by atoms with Crippen LogP contribution >= 0.6 is 0 Å². The summed E-state index contributed by atoms with van der Waals surface area (Å²) in [5.41, 5.74) is -25.8. The van der Waals surface area contributed by atoms with Crippen LogP contribution in [0.15, 0.2) is 0 Å². The van der Waals surface area contributed by atoms with Gasteiger partial charge in [-0.25, -0.2) is 9.59 Å². The summed E-state index contributed by atoms with van der Waals surface area (Å²) in [6.07, 6.45) is 0. The second-order valence-electron chi connectivity index (χ2n) is 7.16. The van der Waals surface area contributed by atoms with Crippen molar-refractivity contribution in [2.24, 2.45) is 27.4 Å². The molecule has 0 amide bonds. The lowest BCUT2D eigenvalue weighted by Gasteiger charge is -2.52. The van der Waals surface area contributed by atoms with E-state index in [0.29, 0.717) is 0 Å². The molecule has 0 radical (unpaired) electrons. The second-order valence-corrected chi connectivity index (χ2v) is 7.16. The van der Waals surface area contributed by atoms with Crippen LogP contribution in [0, 0.1) is 21.7 Å². The van der Waals surface area contributed by atoms with E-state index in [1.54, 1.807) is 0 Å². The number of rotatable bonds is 15. The van der Waals surface area contributed by atoms with E-state index in [1.165, 1.54) is 0 Å². The molecule has 0 bridgehead atoms.